The van der Waals surface area contributed by atoms with Crippen LogP contribution in [0.4, 0.5) is 5.69 Å². The first-order valence-electron chi connectivity index (χ1n) is 5.49. The van der Waals surface area contributed by atoms with Gasteiger partial charge >= 0.3 is 0 Å². The molecule has 0 bridgehead atoms. The molecule has 0 spiro atoms. The highest BCUT2D eigenvalue weighted by molar-refractivity contribution is 5.67. The van der Waals surface area contributed by atoms with Crippen LogP contribution in [-0.2, 0) is 0 Å². The van der Waals surface area contributed by atoms with Crippen LogP contribution in [0.2, 0.25) is 0 Å². The van der Waals surface area contributed by atoms with Crippen LogP contribution in [0.25, 0.3) is 12.2 Å². The van der Waals surface area contributed by atoms with Gasteiger partial charge in [0, 0.05) is 17.1 Å². The summed E-state index contributed by atoms with van der Waals surface area (Å²) in [6.45, 7) is 3.93. The zero-order valence-electron chi connectivity index (χ0n) is 10.0. The number of anilines is 1. The number of hydrogen-bond acceptors (Lipinski definition) is 3. The summed E-state index contributed by atoms with van der Waals surface area (Å²) in [5, 5.41) is 0. The van der Waals surface area contributed by atoms with E-state index in [0.717, 1.165) is 28.5 Å². The summed E-state index contributed by atoms with van der Waals surface area (Å²) in [6, 6.07) is 9.65. The minimum absolute atomic E-state index is 0.735. The van der Waals surface area contributed by atoms with Crippen molar-refractivity contribution >= 4 is 17.8 Å². The van der Waals surface area contributed by atoms with Crippen molar-refractivity contribution in [3.63, 3.8) is 0 Å². The van der Waals surface area contributed by atoms with E-state index in [0.29, 0.717) is 0 Å². The third kappa shape index (κ3) is 3.14. The molecule has 0 atom stereocenters. The second-order valence-electron chi connectivity index (χ2n) is 4.01. The SMILES string of the molecule is Cc1cc(C)nc(/C=C/c2ccc(N)cc2)n1. The first-order chi connectivity index (χ1) is 8.13. The Morgan fingerprint density at radius 1 is 0.941 bits per heavy atom. The molecule has 0 saturated heterocycles. The van der Waals surface area contributed by atoms with Crippen LogP contribution in [0.1, 0.15) is 22.8 Å². The Labute approximate surface area is 101 Å². The smallest absolute Gasteiger partial charge is 0.152 e. The van der Waals surface area contributed by atoms with Crippen molar-refractivity contribution in [3.8, 4) is 0 Å². The van der Waals surface area contributed by atoms with E-state index in [1.54, 1.807) is 0 Å². The van der Waals surface area contributed by atoms with E-state index in [4.69, 9.17) is 5.73 Å². The topological polar surface area (TPSA) is 51.8 Å². The van der Waals surface area contributed by atoms with E-state index in [1.165, 1.54) is 0 Å². The van der Waals surface area contributed by atoms with Gasteiger partial charge in [-0.2, -0.15) is 0 Å². The van der Waals surface area contributed by atoms with Gasteiger partial charge in [0.15, 0.2) is 5.82 Å². The average molecular weight is 225 g/mol. The Morgan fingerprint density at radius 3 is 2.12 bits per heavy atom. The third-order valence-corrected chi connectivity index (χ3v) is 2.36. The quantitative estimate of drug-likeness (QED) is 0.799. The summed E-state index contributed by atoms with van der Waals surface area (Å²) >= 11 is 0. The van der Waals surface area contributed by atoms with Crippen LogP contribution >= 0.6 is 0 Å². The average Bonchev–Trinajstić information content (AvgIpc) is 2.27. The number of nitrogens with zero attached hydrogens (tertiary/aromatic N) is 2. The number of aryl methyl sites for hydroxylation is 2. The first kappa shape index (κ1) is 11.3. The molecule has 0 saturated carbocycles. The molecule has 2 aromatic rings. The Kier molecular flexibility index (Phi) is 3.19. The molecule has 2 rings (SSSR count). The number of nitrogens with two attached hydrogens (primary N) is 1. The molecule has 2 N–H and O–H groups in total. The predicted octanol–water partition coefficient (Wildman–Crippen LogP) is 2.85. The molecular formula is C14H15N3. The highest BCUT2D eigenvalue weighted by Gasteiger charge is 1.95. The standard InChI is InChI=1S/C14H15N3/c1-10-9-11(2)17-14(16-10)8-5-12-3-6-13(15)7-4-12/h3-9H,15H2,1-2H3/b8-5+. The highest BCUT2D eigenvalue weighted by atomic mass is 14.9. The summed E-state index contributed by atoms with van der Waals surface area (Å²) in [7, 11) is 0. The molecule has 0 unspecified atom stereocenters. The third-order valence-electron chi connectivity index (χ3n) is 2.36. The fourth-order valence-electron chi connectivity index (χ4n) is 1.61. The van der Waals surface area contributed by atoms with E-state index in [9.17, 15) is 0 Å². The maximum Gasteiger partial charge on any atom is 0.152 e. The monoisotopic (exact) mass is 225 g/mol. The van der Waals surface area contributed by atoms with Gasteiger partial charge in [-0.05, 0) is 43.7 Å². The van der Waals surface area contributed by atoms with E-state index >= 15 is 0 Å². The van der Waals surface area contributed by atoms with Crippen LogP contribution in [0.15, 0.2) is 30.3 Å². The zero-order chi connectivity index (χ0) is 12.3. The fourth-order valence-corrected chi connectivity index (χ4v) is 1.61. The summed E-state index contributed by atoms with van der Waals surface area (Å²) in [4.78, 5) is 8.69. The van der Waals surface area contributed by atoms with E-state index in [-0.39, 0.29) is 0 Å². The van der Waals surface area contributed by atoms with Crippen molar-refractivity contribution < 1.29 is 0 Å². The summed E-state index contributed by atoms with van der Waals surface area (Å²) in [5.41, 5.74) is 9.44. The number of benzene rings is 1. The van der Waals surface area contributed by atoms with E-state index in [2.05, 4.69) is 9.97 Å². The largest absolute Gasteiger partial charge is 0.399 e. The minimum Gasteiger partial charge on any atom is -0.399 e. The van der Waals surface area contributed by atoms with Crippen LogP contribution in [0.5, 0.6) is 0 Å². The second-order valence-corrected chi connectivity index (χ2v) is 4.01. The normalized spacial score (nSPS) is 10.9. The van der Waals surface area contributed by atoms with Crippen LogP contribution in [0, 0.1) is 13.8 Å². The molecule has 17 heavy (non-hydrogen) atoms. The fraction of sp³-hybridized carbons (Fsp3) is 0.143. The summed E-state index contributed by atoms with van der Waals surface area (Å²) in [6.07, 6.45) is 3.89. The Bertz CT molecular complexity index is 522. The molecule has 3 heteroatoms. The van der Waals surface area contributed by atoms with Crippen LogP contribution in [-0.4, -0.2) is 9.97 Å². The van der Waals surface area contributed by atoms with Gasteiger partial charge in [0.05, 0.1) is 0 Å². The minimum atomic E-state index is 0.735. The van der Waals surface area contributed by atoms with Crippen molar-refractivity contribution in [2.45, 2.75) is 13.8 Å². The predicted molar refractivity (Wildman–Crippen MR) is 71.3 cm³/mol. The van der Waals surface area contributed by atoms with Crippen molar-refractivity contribution in [2.24, 2.45) is 0 Å². The van der Waals surface area contributed by atoms with Gasteiger partial charge in [0.2, 0.25) is 0 Å². The van der Waals surface area contributed by atoms with Crippen molar-refractivity contribution in [1.29, 1.82) is 0 Å². The molecule has 0 radical (unpaired) electrons. The number of hydrogen-bond donors (Lipinski definition) is 1. The number of nitrogen functional groups attached to an aromatic ring is 1. The molecule has 0 amide bonds. The molecule has 1 aromatic heterocycles. The van der Waals surface area contributed by atoms with Crippen molar-refractivity contribution in [1.82, 2.24) is 9.97 Å². The second kappa shape index (κ2) is 4.78. The van der Waals surface area contributed by atoms with Gasteiger partial charge in [-0.25, -0.2) is 9.97 Å². The zero-order valence-corrected chi connectivity index (χ0v) is 10.0. The molecular weight excluding hydrogens is 210 g/mol. The highest BCUT2D eigenvalue weighted by Crippen LogP contribution is 2.09. The lowest BCUT2D eigenvalue weighted by Gasteiger charge is -1.98. The number of aromatic nitrogens is 2. The van der Waals surface area contributed by atoms with Crippen LogP contribution in [0.3, 0.4) is 0 Å². The summed E-state index contributed by atoms with van der Waals surface area (Å²) < 4.78 is 0. The molecule has 3 nitrogen and oxygen atoms in total. The lowest BCUT2D eigenvalue weighted by Crippen LogP contribution is -1.93. The van der Waals surface area contributed by atoms with Gasteiger partial charge in [0.25, 0.3) is 0 Å². The molecule has 1 heterocycles. The maximum absolute atomic E-state index is 5.62. The lowest BCUT2D eigenvalue weighted by atomic mass is 10.2. The Balaban J connectivity index is 2.22. The van der Waals surface area contributed by atoms with Gasteiger partial charge in [0.1, 0.15) is 0 Å². The van der Waals surface area contributed by atoms with Gasteiger partial charge < -0.3 is 5.73 Å². The molecule has 0 fully saturated rings. The summed E-state index contributed by atoms with van der Waals surface area (Å²) in [5.74, 6) is 0.735. The lowest BCUT2D eigenvalue weighted by molar-refractivity contribution is 1.03. The maximum atomic E-state index is 5.62. The van der Waals surface area contributed by atoms with Crippen LogP contribution < -0.4 is 5.73 Å². The first-order valence-corrected chi connectivity index (χ1v) is 5.49. The van der Waals surface area contributed by atoms with Gasteiger partial charge in [-0.15, -0.1) is 0 Å². The van der Waals surface area contributed by atoms with Crippen molar-refractivity contribution in [3.05, 3.63) is 53.1 Å². The Morgan fingerprint density at radius 2 is 1.53 bits per heavy atom. The van der Waals surface area contributed by atoms with Crippen molar-refractivity contribution in [2.75, 3.05) is 5.73 Å². The Hall–Kier alpha value is -2.16. The molecule has 1 aromatic carbocycles. The van der Waals surface area contributed by atoms with Gasteiger partial charge in [-0.1, -0.05) is 18.2 Å². The molecule has 0 aliphatic heterocycles. The van der Waals surface area contributed by atoms with E-state index in [1.807, 2.05) is 56.3 Å². The number of rotatable bonds is 2. The molecule has 86 valence electrons. The molecule has 0 aliphatic rings. The van der Waals surface area contributed by atoms with Gasteiger partial charge in [-0.3, -0.25) is 0 Å². The van der Waals surface area contributed by atoms with E-state index < -0.39 is 0 Å². The molecule has 0 aliphatic carbocycles.